The molecule has 0 unspecified atom stereocenters. The number of carbonyl (C=O) groups excluding carboxylic acids is 1. The predicted octanol–water partition coefficient (Wildman–Crippen LogP) is 5.47. The van der Waals surface area contributed by atoms with Crippen LogP contribution in [0.1, 0.15) is 80.2 Å². The topological polar surface area (TPSA) is 141 Å². The fraction of sp³-hybridized carbons (Fsp3) is 0.674. The molecule has 57 heavy (non-hydrogen) atoms. The molecule has 2 aliphatic rings. The quantitative estimate of drug-likeness (QED) is 0.180. The molecule has 0 amide bonds. The van der Waals surface area contributed by atoms with Crippen molar-refractivity contribution in [1.82, 2.24) is 9.80 Å². The van der Waals surface area contributed by atoms with E-state index in [0.29, 0.717) is 19.4 Å². The molecule has 0 spiro atoms. The van der Waals surface area contributed by atoms with Gasteiger partial charge in [-0.15, -0.1) is 0 Å². The van der Waals surface area contributed by atoms with Crippen molar-refractivity contribution >= 4 is 5.97 Å². The summed E-state index contributed by atoms with van der Waals surface area (Å²) in [6.07, 6.45) is -0.501. The van der Waals surface area contributed by atoms with Crippen LogP contribution in [-0.4, -0.2) is 137 Å². The van der Waals surface area contributed by atoms with Crippen LogP contribution in [0, 0.1) is 17.8 Å². The molecule has 14 atom stereocenters. The van der Waals surface area contributed by atoms with Crippen molar-refractivity contribution in [2.24, 2.45) is 17.8 Å². The number of allylic oxidation sites excluding steroid dienone is 1. The van der Waals surface area contributed by atoms with Crippen LogP contribution >= 0.6 is 0 Å². The number of rotatable bonds is 10. The zero-order valence-electron chi connectivity index (χ0n) is 36.2. The summed E-state index contributed by atoms with van der Waals surface area (Å²) in [5.41, 5.74) is 0.210. The summed E-state index contributed by atoms with van der Waals surface area (Å²) >= 11 is 0. The lowest BCUT2D eigenvalue weighted by atomic mass is 9.77. The minimum atomic E-state index is -1.75. The van der Waals surface area contributed by atoms with Crippen LogP contribution in [0.15, 0.2) is 66.7 Å². The summed E-state index contributed by atoms with van der Waals surface area (Å²) in [6, 6.07) is 17.9. The maximum atomic E-state index is 14.1. The van der Waals surface area contributed by atoms with E-state index < -0.39 is 71.9 Å². The van der Waals surface area contributed by atoms with Crippen molar-refractivity contribution < 1.29 is 44.2 Å². The molecule has 0 bridgehead atoms. The Morgan fingerprint density at radius 3 is 2.19 bits per heavy atom. The third-order valence-corrected chi connectivity index (χ3v) is 12.4. The molecule has 11 nitrogen and oxygen atoms in total. The number of hydrogen-bond donors (Lipinski definition) is 4. The Morgan fingerprint density at radius 2 is 1.58 bits per heavy atom. The lowest BCUT2D eigenvalue weighted by Crippen LogP contribution is -2.59. The van der Waals surface area contributed by atoms with Crippen LogP contribution in [-0.2, 0) is 30.2 Å². The summed E-state index contributed by atoms with van der Waals surface area (Å²) in [6.45, 7) is 15.1. The van der Waals surface area contributed by atoms with E-state index in [0.717, 1.165) is 16.7 Å². The summed E-state index contributed by atoms with van der Waals surface area (Å²) in [5.74, 6) is -2.20. The molecule has 2 aromatic carbocycles. The molecule has 2 aromatic rings. The first-order valence-corrected chi connectivity index (χ1v) is 20.9. The fourth-order valence-electron chi connectivity index (χ4n) is 8.94. The van der Waals surface area contributed by atoms with Crippen molar-refractivity contribution in [3.8, 4) is 11.1 Å². The Bertz CT molecular complexity index is 1550. The first kappa shape index (κ1) is 47.0. The first-order chi connectivity index (χ1) is 26.8. The Hall–Kier alpha value is -2.71. The Morgan fingerprint density at radius 1 is 0.947 bits per heavy atom. The van der Waals surface area contributed by atoms with Gasteiger partial charge in [0.05, 0.1) is 36.4 Å². The molecule has 320 valence electrons. The average molecular weight is 797 g/mol. The molecule has 0 saturated carbocycles. The number of benzene rings is 2. The number of aliphatic hydroxyl groups excluding tert-OH is 2. The molecule has 2 heterocycles. The van der Waals surface area contributed by atoms with Gasteiger partial charge in [-0.25, -0.2) is 0 Å². The highest BCUT2D eigenvalue weighted by atomic mass is 16.7. The number of nitrogens with zero attached hydrogens (tertiary/aromatic N) is 2. The molecular formula is C46H72N2O9. The lowest BCUT2D eigenvalue weighted by molar-refractivity contribution is -0.300. The van der Waals surface area contributed by atoms with Gasteiger partial charge in [-0.05, 0) is 104 Å². The standard InChI is InChI=1S/C46H72N2O9/c1-12-38-46(8,53)41(50)33(6)48(11)28-29(2)27-45(7,52)42(57-44-39(49)37(47(9)10)26-30(3)55-44)31(4)40(32(5)43(51)56-38)54-25-17-16-18-34-21-23-36(24-22-34)35-19-14-13-15-20-35/h13-17,19-24,29-33,37-42,44,49-50,52-53H,12,18,25-28H2,1-11H3/b17-16+/t29-,30-,31+,32-,33-,37+,38-,39-,40+,41-,42-,44+,45-,46-/m1/s1. The maximum Gasteiger partial charge on any atom is 0.311 e. The molecule has 2 aliphatic heterocycles. The predicted molar refractivity (Wildman–Crippen MR) is 223 cm³/mol. The second-order valence-corrected chi connectivity index (χ2v) is 17.7. The number of cyclic esters (lactones) is 1. The third-order valence-electron chi connectivity index (χ3n) is 12.4. The van der Waals surface area contributed by atoms with Gasteiger partial charge in [-0.2, -0.15) is 0 Å². The van der Waals surface area contributed by atoms with E-state index in [9.17, 15) is 25.2 Å². The highest BCUT2D eigenvalue weighted by Crippen LogP contribution is 2.37. The van der Waals surface area contributed by atoms with E-state index in [-0.39, 0.29) is 37.5 Å². The number of likely N-dealkylation sites (N-methyl/N-ethyl adjacent to an activating group) is 2. The smallest absolute Gasteiger partial charge is 0.311 e. The molecule has 2 fully saturated rings. The minimum Gasteiger partial charge on any atom is -0.459 e. The molecule has 0 aliphatic carbocycles. The monoisotopic (exact) mass is 797 g/mol. The SMILES string of the molecule is CC[C@H]1OC(=O)[C@H](C)[C@@H](OC/C=C/Cc2ccc(-c3ccccc3)cc2)[C@H](C)[C@@H](O[C@@H]2O[C@H](C)C[C@H](N(C)C)[C@H]2O)[C@](C)(O)C[C@@H](C)CN(C)[C@H](C)[C@@H](O)[C@]1(C)O. The van der Waals surface area contributed by atoms with Gasteiger partial charge in [0.25, 0.3) is 0 Å². The maximum absolute atomic E-state index is 14.1. The van der Waals surface area contributed by atoms with Gasteiger partial charge >= 0.3 is 5.97 Å². The largest absolute Gasteiger partial charge is 0.459 e. The van der Waals surface area contributed by atoms with Gasteiger partial charge in [0, 0.05) is 24.5 Å². The van der Waals surface area contributed by atoms with Gasteiger partial charge in [-0.3, -0.25) is 4.79 Å². The van der Waals surface area contributed by atoms with E-state index in [1.54, 1.807) is 13.8 Å². The second kappa shape index (κ2) is 20.5. The van der Waals surface area contributed by atoms with E-state index >= 15 is 0 Å². The van der Waals surface area contributed by atoms with Gasteiger partial charge in [0.15, 0.2) is 6.29 Å². The van der Waals surface area contributed by atoms with E-state index in [1.807, 2.05) is 95.9 Å². The van der Waals surface area contributed by atoms with Crippen LogP contribution in [0.5, 0.6) is 0 Å². The Kier molecular flexibility index (Phi) is 16.9. The van der Waals surface area contributed by atoms with Crippen molar-refractivity contribution in [2.75, 3.05) is 34.3 Å². The van der Waals surface area contributed by atoms with Gasteiger partial charge in [0.1, 0.15) is 23.9 Å². The number of carbonyl (C=O) groups is 1. The molecule has 0 radical (unpaired) electrons. The van der Waals surface area contributed by atoms with Gasteiger partial charge in [-0.1, -0.05) is 87.5 Å². The zero-order chi connectivity index (χ0) is 42.2. The molecular weight excluding hydrogens is 725 g/mol. The number of hydrogen-bond acceptors (Lipinski definition) is 11. The highest BCUT2D eigenvalue weighted by molar-refractivity contribution is 5.73. The van der Waals surface area contributed by atoms with Crippen molar-refractivity contribution in [1.29, 1.82) is 0 Å². The molecule has 2 saturated heterocycles. The van der Waals surface area contributed by atoms with Crippen LogP contribution < -0.4 is 0 Å². The van der Waals surface area contributed by atoms with E-state index in [1.165, 1.54) is 6.92 Å². The van der Waals surface area contributed by atoms with Crippen molar-refractivity contribution in [3.05, 3.63) is 72.3 Å². The van der Waals surface area contributed by atoms with Crippen LogP contribution in [0.3, 0.4) is 0 Å². The molecule has 11 heteroatoms. The van der Waals surface area contributed by atoms with Crippen molar-refractivity contribution in [2.45, 2.75) is 147 Å². The normalized spacial score (nSPS) is 38.1. The molecule has 4 rings (SSSR count). The summed E-state index contributed by atoms with van der Waals surface area (Å²) in [7, 11) is 5.69. The van der Waals surface area contributed by atoms with E-state index in [2.05, 4.69) is 36.4 Å². The van der Waals surface area contributed by atoms with Gasteiger partial charge in [0.2, 0.25) is 0 Å². The van der Waals surface area contributed by atoms with Crippen LogP contribution in [0.2, 0.25) is 0 Å². The average Bonchev–Trinajstić information content (AvgIpc) is 3.16. The van der Waals surface area contributed by atoms with Gasteiger partial charge < -0.3 is 49.2 Å². The van der Waals surface area contributed by atoms with Crippen LogP contribution in [0.25, 0.3) is 11.1 Å². The first-order valence-electron chi connectivity index (χ1n) is 20.9. The summed E-state index contributed by atoms with van der Waals surface area (Å²) in [4.78, 5) is 18.1. The Balaban J connectivity index is 1.67. The second-order valence-electron chi connectivity index (χ2n) is 17.7. The summed E-state index contributed by atoms with van der Waals surface area (Å²) < 4.78 is 25.6. The van der Waals surface area contributed by atoms with Crippen LogP contribution in [0.4, 0.5) is 0 Å². The minimum absolute atomic E-state index is 0.0972. The summed E-state index contributed by atoms with van der Waals surface area (Å²) in [5, 5.41) is 47.3. The molecule has 0 aromatic heterocycles. The Labute approximate surface area is 342 Å². The number of aliphatic hydroxyl groups is 4. The fourth-order valence-corrected chi connectivity index (χ4v) is 8.94. The number of esters is 1. The lowest BCUT2D eigenvalue weighted by Gasteiger charge is -2.47. The third kappa shape index (κ3) is 12.0. The highest BCUT2D eigenvalue weighted by Gasteiger charge is 2.50. The number of ether oxygens (including phenoxy) is 4. The zero-order valence-corrected chi connectivity index (χ0v) is 36.2. The molecule has 4 N–H and O–H groups in total. The van der Waals surface area contributed by atoms with Crippen molar-refractivity contribution in [3.63, 3.8) is 0 Å². The van der Waals surface area contributed by atoms with E-state index in [4.69, 9.17) is 18.9 Å².